The molecule has 1 aromatic carbocycles. The Hall–Kier alpha value is -2.82. The van der Waals surface area contributed by atoms with Gasteiger partial charge < -0.3 is 9.47 Å². The topological polar surface area (TPSA) is 89.8 Å². The minimum atomic E-state index is -0.199. The molecule has 0 N–H and O–H groups in total. The van der Waals surface area contributed by atoms with Crippen LogP contribution in [0.25, 0.3) is 10.2 Å². The summed E-state index contributed by atoms with van der Waals surface area (Å²) in [6.45, 7) is 10.2. The molecule has 33 heavy (non-hydrogen) atoms. The van der Waals surface area contributed by atoms with E-state index in [0.717, 1.165) is 29.1 Å². The van der Waals surface area contributed by atoms with Crippen molar-refractivity contribution in [3.05, 3.63) is 46.1 Å². The maximum atomic E-state index is 13.4. The SMILES string of the molecule is CCOc1ccc2nc(N(CCN3CCOCC3)C(=O)Cn3cnc(C)c(C)c3=O)sc2c1. The number of hydrogen-bond donors (Lipinski definition) is 0. The monoisotopic (exact) mass is 471 g/mol. The highest BCUT2D eigenvalue weighted by atomic mass is 32.1. The number of carbonyl (C=O) groups excluding carboxylic acids is 1. The van der Waals surface area contributed by atoms with Gasteiger partial charge in [-0.1, -0.05) is 11.3 Å². The number of benzene rings is 1. The Morgan fingerprint density at radius 3 is 2.82 bits per heavy atom. The molecule has 176 valence electrons. The largest absolute Gasteiger partial charge is 0.494 e. The number of carbonyl (C=O) groups is 1. The van der Waals surface area contributed by atoms with Crippen molar-refractivity contribution in [2.45, 2.75) is 27.3 Å². The second-order valence-electron chi connectivity index (χ2n) is 7.95. The Bertz CT molecular complexity index is 1190. The van der Waals surface area contributed by atoms with Gasteiger partial charge in [-0.15, -0.1) is 0 Å². The van der Waals surface area contributed by atoms with Crippen molar-refractivity contribution in [3.63, 3.8) is 0 Å². The normalized spacial score (nSPS) is 14.5. The highest BCUT2D eigenvalue weighted by Crippen LogP contribution is 2.31. The van der Waals surface area contributed by atoms with E-state index in [9.17, 15) is 9.59 Å². The van der Waals surface area contributed by atoms with Gasteiger partial charge in [-0.2, -0.15) is 0 Å². The first kappa shape index (κ1) is 23.3. The molecule has 0 spiro atoms. The lowest BCUT2D eigenvalue weighted by Gasteiger charge is -2.29. The minimum Gasteiger partial charge on any atom is -0.494 e. The molecule has 0 radical (unpaired) electrons. The van der Waals surface area contributed by atoms with E-state index in [2.05, 4.69) is 9.88 Å². The summed E-state index contributed by atoms with van der Waals surface area (Å²) < 4.78 is 13.4. The standard InChI is InChI=1S/C23H29N5O4S/c1-4-32-18-5-6-19-20(13-18)33-23(25-19)28(8-7-26-9-11-31-12-10-26)21(29)14-27-15-24-17(3)16(2)22(27)30/h5-6,13,15H,4,7-12,14H2,1-3H3. The third-order valence-electron chi connectivity index (χ3n) is 5.76. The van der Waals surface area contributed by atoms with Crippen molar-refractivity contribution < 1.29 is 14.3 Å². The Morgan fingerprint density at radius 2 is 2.06 bits per heavy atom. The van der Waals surface area contributed by atoms with Crippen molar-refractivity contribution in [3.8, 4) is 5.75 Å². The number of nitrogens with zero attached hydrogens (tertiary/aromatic N) is 5. The summed E-state index contributed by atoms with van der Waals surface area (Å²) in [5.74, 6) is 0.582. The van der Waals surface area contributed by atoms with Gasteiger partial charge in [0.25, 0.3) is 5.56 Å². The molecule has 0 atom stereocenters. The quantitative estimate of drug-likeness (QED) is 0.498. The van der Waals surface area contributed by atoms with Crippen LogP contribution in [0.3, 0.4) is 0 Å². The molecular weight excluding hydrogens is 442 g/mol. The molecule has 0 aliphatic carbocycles. The van der Waals surface area contributed by atoms with Crippen molar-refractivity contribution >= 4 is 32.6 Å². The number of fused-ring (bicyclic) bond motifs is 1. The number of anilines is 1. The summed E-state index contributed by atoms with van der Waals surface area (Å²) in [7, 11) is 0. The molecule has 9 nitrogen and oxygen atoms in total. The molecule has 2 aromatic heterocycles. The van der Waals surface area contributed by atoms with Gasteiger partial charge in [-0.05, 0) is 39.0 Å². The Morgan fingerprint density at radius 1 is 1.27 bits per heavy atom. The number of thiazole rings is 1. The van der Waals surface area contributed by atoms with E-state index in [1.807, 2.05) is 25.1 Å². The number of aromatic nitrogens is 3. The van der Waals surface area contributed by atoms with Gasteiger partial charge in [0.2, 0.25) is 5.91 Å². The molecular formula is C23H29N5O4S. The summed E-state index contributed by atoms with van der Waals surface area (Å²) in [4.78, 5) is 39.0. The molecule has 4 rings (SSSR count). The molecule has 0 unspecified atom stereocenters. The lowest BCUT2D eigenvalue weighted by molar-refractivity contribution is -0.119. The molecule has 10 heteroatoms. The van der Waals surface area contributed by atoms with Gasteiger partial charge in [-0.25, -0.2) is 9.97 Å². The number of morpholine rings is 1. The fraction of sp³-hybridized carbons (Fsp3) is 0.478. The zero-order valence-electron chi connectivity index (χ0n) is 19.2. The minimum absolute atomic E-state index is 0.0871. The lowest BCUT2D eigenvalue weighted by atomic mass is 10.3. The van der Waals surface area contributed by atoms with Gasteiger partial charge >= 0.3 is 0 Å². The molecule has 1 saturated heterocycles. The zero-order valence-corrected chi connectivity index (χ0v) is 20.1. The molecule has 1 amide bonds. The van der Waals surface area contributed by atoms with Crippen LogP contribution in [-0.2, 0) is 16.1 Å². The summed E-state index contributed by atoms with van der Waals surface area (Å²) in [5.41, 5.74) is 1.83. The molecule has 0 bridgehead atoms. The molecule has 3 aromatic rings. The van der Waals surface area contributed by atoms with Crippen LogP contribution in [0.1, 0.15) is 18.2 Å². The van der Waals surface area contributed by atoms with Crippen molar-refractivity contribution in [2.24, 2.45) is 0 Å². The Balaban J connectivity index is 1.61. The van der Waals surface area contributed by atoms with E-state index >= 15 is 0 Å². The molecule has 0 saturated carbocycles. The van der Waals surface area contributed by atoms with Gasteiger partial charge in [-0.3, -0.25) is 24.0 Å². The number of hydrogen-bond acceptors (Lipinski definition) is 8. The highest BCUT2D eigenvalue weighted by molar-refractivity contribution is 7.22. The van der Waals surface area contributed by atoms with Crippen molar-refractivity contribution in [1.29, 1.82) is 0 Å². The molecule has 1 aliphatic heterocycles. The number of amides is 1. The van der Waals surface area contributed by atoms with Crippen LogP contribution < -0.4 is 15.2 Å². The highest BCUT2D eigenvalue weighted by Gasteiger charge is 2.23. The average molecular weight is 472 g/mol. The predicted molar refractivity (Wildman–Crippen MR) is 128 cm³/mol. The molecule has 1 fully saturated rings. The number of aryl methyl sites for hydroxylation is 1. The lowest BCUT2D eigenvalue weighted by Crippen LogP contribution is -2.44. The van der Waals surface area contributed by atoms with Gasteiger partial charge in [0.15, 0.2) is 5.13 Å². The second-order valence-corrected chi connectivity index (χ2v) is 8.96. The predicted octanol–water partition coefficient (Wildman–Crippen LogP) is 2.23. The van der Waals surface area contributed by atoms with E-state index in [0.29, 0.717) is 49.3 Å². The van der Waals surface area contributed by atoms with Crippen molar-refractivity contribution in [2.75, 3.05) is 50.9 Å². The van der Waals surface area contributed by atoms with Crippen LogP contribution >= 0.6 is 11.3 Å². The van der Waals surface area contributed by atoms with E-state index < -0.39 is 0 Å². The fourth-order valence-electron chi connectivity index (χ4n) is 3.68. The summed E-state index contributed by atoms with van der Waals surface area (Å²) in [5, 5.41) is 0.613. The van der Waals surface area contributed by atoms with Gasteiger partial charge in [0, 0.05) is 37.4 Å². The van der Waals surface area contributed by atoms with E-state index in [1.54, 1.807) is 18.7 Å². The van der Waals surface area contributed by atoms with Crippen LogP contribution in [0.4, 0.5) is 5.13 Å². The van der Waals surface area contributed by atoms with Gasteiger partial charge in [0.05, 0.1) is 36.4 Å². The summed E-state index contributed by atoms with van der Waals surface area (Å²) in [6.07, 6.45) is 1.44. The summed E-state index contributed by atoms with van der Waals surface area (Å²) >= 11 is 1.45. The molecule has 1 aliphatic rings. The van der Waals surface area contributed by atoms with E-state index in [4.69, 9.17) is 14.5 Å². The Labute approximate surface area is 196 Å². The fourth-order valence-corrected chi connectivity index (χ4v) is 4.71. The maximum Gasteiger partial charge on any atom is 0.256 e. The van der Waals surface area contributed by atoms with Crippen LogP contribution in [0.5, 0.6) is 5.75 Å². The average Bonchev–Trinajstić information content (AvgIpc) is 3.23. The number of rotatable bonds is 8. The van der Waals surface area contributed by atoms with Crippen LogP contribution in [-0.4, -0.2) is 71.3 Å². The first-order chi connectivity index (χ1) is 16.0. The van der Waals surface area contributed by atoms with Crippen LogP contribution in [0.2, 0.25) is 0 Å². The van der Waals surface area contributed by atoms with Crippen LogP contribution in [0.15, 0.2) is 29.3 Å². The molecule has 3 heterocycles. The van der Waals surface area contributed by atoms with Gasteiger partial charge in [0.1, 0.15) is 12.3 Å². The zero-order chi connectivity index (χ0) is 23.4. The Kier molecular flexibility index (Phi) is 7.36. The first-order valence-electron chi connectivity index (χ1n) is 11.1. The first-order valence-corrected chi connectivity index (χ1v) is 11.9. The third-order valence-corrected chi connectivity index (χ3v) is 6.80. The van der Waals surface area contributed by atoms with E-state index in [1.165, 1.54) is 22.2 Å². The maximum absolute atomic E-state index is 13.4. The summed E-state index contributed by atoms with van der Waals surface area (Å²) in [6, 6.07) is 5.74. The van der Waals surface area contributed by atoms with E-state index in [-0.39, 0.29) is 18.0 Å². The van der Waals surface area contributed by atoms with Crippen LogP contribution in [0, 0.1) is 13.8 Å². The number of ether oxygens (including phenoxy) is 2. The van der Waals surface area contributed by atoms with Crippen molar-refractivity contribution in [1.82, 2.24) is 19.4 Å². The third kappa shape index (κ3) is 5.40. The smallest absolute Gasteiger partial charge is 0.256 e. The second kappa shape index (κ2) is 10.4.